The molecule has 1 aromatic heterocycles. The van der Waals surface area contributed by atoms with Crippen LogP contribution in [0.3, 0.4) is 0 Å². The summed E-state index contributed by atoms with van der Waals surface area (Å²) < 4.78 is 20.6. The van der Waals surface area contributed by atoms with Crippen molar-refractivity contribution in [1.29, 1.82) is 0 Å². The molecule has 5 nitrogen and oxygen atoms in total. The fourth-order valence-electron chi connectivity index (χ4n) is 4.15. The highest BCUT2D eigenvalue weighted by molar-refractivity contribution is 6.31. The number of nitrogens with one attached hydrogen (secondary N) is 1. The molecule has 0 unspecified atom stereocenters. The summed E-state index contributed by atoms with van der Waals surface area (Å²) in [4.78, 5) is 12.3. The number of ether oxygens (including phenoxy) is 1. The molecule has 34 heavy (non-hydrogen) atoms. The maximum absolute atomic E-state index is 13.6. The van der Waals surface area contributed by atoms with E-state index in [1.165, 1.54) is 17.7 Å². The fourth-order valence-corrected chi connectivity index (χ4v) is 4.38. The van der Waals surface area contributed by atoms with Crippen LogP contribution in [-0.4, -0.2) is 17.6 Å². The first-order chi connectivity index (χ1) is 16.4. The van der Waals surface area contributed by atoms with E-state index in [4.69, 9.17) is 16.3 Å². The van der Waals surface area contributed by atoms with Crippen LogP contribution in [0.1, 0.15) is 39.7 Å². The van der Waals surface area contributed by atoms with Crippen molar-refractivity contribution in [2.45, 2.75) is 33.0 Å². The number of nitrogens with zero attached hydrogens (tertiary/aromatic N) is 1. The van der Waals surface area contributed by atoms with E-state index in [0.717, 1.165) is 17.4 Å². The van der Waals surface area contributed by atoms with Gasteiger partial charge in [0.2, 0.25) is 0 Å². The van der Waals surface area contributed by atoms with Crippen molar-refractivity contribution in [1.82, 2.24) is 9.88 Å². The van der Waals surface area contributed by atoms with E-state index in [1.54, 1.807) is 29.9 Å². The van der Waals surface area contributed by atoms with Crippen molar-refractivity contribution < 1.29 is 19.0 Å². The minimum Gasteiger partial charge on any atom is -0.543 e. The average molecular weight is 480 g/mol. The van der Waals surface area contributed by atoms with Crippen LogP contribution in [0.2, 0.25) is 5.02 Å². The van der Waals surface area contributed by atoms with E-state index >= 15 is 0 Å². The predicted octanol–water partition coefficient (Wildman–Crippen LogP) is 4.71. The highest BCUT2D eigenvalue weighted by Gasteiger charge is 2.19. The molecular weight excluding hydrogens is 455 g/mol. The topological polar surface area (TPSA) is 66.3 Å². The normalized spacial score (nSPS) is 11.2. The molecule has 0 spiro atoms. The number of aromatic nitrogens is 1. The SMILES string of the molecule is CCc1ccc(CNCc2c(C(=O)[O-])n(Cc3ccc(F)cc3Cl)c3cc(OC)ccc23)cc1. The summed E-state index contributed by atoms with van der Waals surface area (Å²) in [5, 5.41) is 16.7. The molecule has 1 N–H and O–H groups in total. The van der Waals surface area contributed by atoms with Gasteiger partial charge in [0.05, 0.1) is 24.3 Å². The van der Waals surface area contributed by atoms with E-state index in [2.05, 4.69) is 36.5 Å². The largest absolute Gasteiger partial charge is 0.543 e. The maximum atomic E-state index is 13.6. The van der Waals surface area contributed by atoms with Crippen LogP contribution in [0.4, 0.5) is 4.39 Å². The lowest BCUT2D eigenvalue weighted by molar-refractivity contribution is -0.255. The number of carbonyl (C=O) groups excluding carboxylic acids is 1. The van der Waals surface area contributed by atoms with Crippen molar-refractivity contribution in [2.75, 3.05) is 7.11 Å². The third-order valence-electron chi connectivity index (χ3n) is 5.98. The third-order valence-corrected chi connectivity index (χ3v) is 6.33. The summed E-state index contributed by atoms with van der Waals surface area (Å²) >= 11 is 6.25. The number of methoxy groups -OCH3 is 1. The Kier molecular flexibility index (Phi) is 7.20. The van der Waals surface area contributed by atoms with Gasteiger partial charge in [0.15, 0.2) is 0 Å². The molecule has 4 rings (SSSR count). The van der Waals surface area contributed by atoms with Crippen LogP contribution in [-0.2, 0) is 26.1 Å². The van der Waals surface area contributed by atoms with Crippen molar-refractivity contribution in [2.24, 2.45) is 0 Å². The van der Waals surface area contributed by atoms with Crippen LogP contribution < -0.4 is 15.2 Å². The van der Waals surface area contributed by atoms with Gasteiger partial charge in [-0.1, -0.05) is 48.9 Å². The molecule has 0 fully saturated rings. The highest BCUT2D eigenvalue weighted by Crippen LogP contribution is 2.31. The van der Waals surface area contributed by atoms with Crippen LogP contribution in [0.25, 0.3) is 10.9 Å². The van der Waals surface area contributed by atoms with E-state index in [0.29, 0.717) is 35.5 Å². The average Bonchev–Trinajstić information content (AvgIpc) is 3.14. The van der Waals surface area contributed by atoms with Gasteiger partial charge in [0, 0.05) is 41.7 Å². The van der Waals surface area contributed by atoms with Crippen molar-refractivity contribution >= 4 is 28.5 Å². The number of carbonyl (C=O) groups is 1. The first-order valence-corrected chi connectivity index (χ1v) is 11.4. The number of carboxylic acid groups (broad SMARTS) is 1. The van der Waals surface area contributed by atoms with E-state index < -0.39 is 11.8 Å². The van der Waals surface area contributed by atoms with Gasteiger partial charge in [-0.2, -0.15) is 0 Å². The first-order valence-electron chi connectivity index (χ1n) is 11.0. The number of carboxylic acids is 1. The zero-order valence-corrected chi connectivity index (χ0v) is 19.8. The summed E-state index contributed by atoms with van der Waals surface area (Å²) in [6.07, 6.45) is 0.976. The van der Waals surface area contributed by atoms with Crippen molar-refractivity contribution in [3.05, 3.63) is 99.5 Å². The second kappa shape index (κ2) is 10.3. The Morgan fingerprint density at radius 3 is 2.44 bits per heavy atom. The fraction of sp³-hybridized carbons (Fsp3) is 0.222. The van der Waals surface area contributed by atoms with Gasteiger partial charge in [0.1, 0.15) is 11.6 Å². The molecule has 3 aromatic carbocycles. The first kappa shape index (κ1) is 23.8. The zero-order chi connectivity index (χ0) is 24.2. The molecule has 0 radical (unpaired) electrons. The second-order valence-electron chi connectivity index (χ2n) is 8.09. The summed E-state index contributed by atoms with van der Waals surface area (Å²) in [6, 6.07) is 17.8. The van der Waals surface area contributed by atoms with Gasteiger partial charge in [-0.05, 0) is 47.4 Å². The van der Waals surface area contributed by atoms with Crippen LogP contribution in [0.5, 0.6) is 5.75 Å². The lowest BCUT2D eigenvalue weighted by atomic mass is 10.1. The highest BCUT2D eigenvalue weighted by atomic mass is 35.5. The molecule has 0 saturated carbocycles. The maximum Gasteiger partial charge on any atom is 0.124 e. The van der Waals surface area contributed by atoms with E-state index in [9.17, 15) is 14.3 Å². The molecule has 0 atom stereocenters. The molecule has 7 heteroatoms. The van der Waals surface area contributed by atoms with Gasteiger partial charge in [-0.15, -0.1) is 0 Å². The van der Waals surface area contributed by atoms with Crippen LogP contribution in [0, 0.1) is 5.82 Å². The Labute approximate surface area is 202 Å². The number of benzene rings is 3. The number of halogens is 2. The molecule has 0 aliphatic rings. The number of aryl methyl sites for hydroxylation is 1. The lowest BCUT2D eigenvalue weighted by Gasteiger charge is -2.15. The Morgan fingerprint density at radius 2 is 1.79 bits per heavy atom. The molecule has 0 bridgehead atoms. The number of rotatable bonds is 9. The molecular formula is C27H25ClFN2O3-. The Hall–Kier alpha value is -3.35. The van der Waals surface area contributed by atoms with Gasteiger partial charge in [0.25, 0.3) is 0 Å². The number of fused-ring (bicyclic) bond motifs is 1. The number of hydrogen-bond donors (Lipinski definition) is 1. The summed E-state index contributed by atoms with van der Waals surface area (Å²) in [7, 11) is 1.55. The molecule has 4 aromatic rings. The van der Waals surface area contributed by atoms with Gasteiger partial charge < -0.3 is 24.5 Å². The summed E-state index contributed by atoms with van der Waals surface area (Å²) in [6.45, 7) is 3.16. The molecule has 0 amide bonds. The van der Waals surface area contributed by atoms with E-state index in [1.807, 2.05) is 6.07 Å². The lowest BCUT2D eigenvalue weighted by Crippen LogP contribution is -2.28. The Morgan fingerprint density at radius 1 is 1.06 bits per heavy atom. The van der Waals surface area contributed by atoms with Crippen molar-refractivity contribution in [3.8, 4) is 5.75 Å². The van der Waals surface area contributed by atoms with E-state index in [-0.39, 0.29) is 17.3 Å². The Balaban J connectivity index is 1.72. The number of hydrogen-bond acceptors (Lipinski definition) is 4. The summed E-state index contributed by atoms with van der Waals surface area (Å²) in [5.74, 6) is -1.15. The van der Waals surface area contributed by atoms with Crippen molar-refractivity contribution in [3.63, 3.8) is 0 Å². The second-order valence-corrected chi connectivity index (χ2v) is 8.50. The molecule has 1 heterocycles. The molecule has 0 aliphatic heterocycles. The smallest absolute Gasteiger partial charge is 0.124 e. The van der Waals surface area contributed by atoms with Gasteiger partial charge in [-0.25, -0.2) is 4.39 Å². The van der Waals surface area contributed by atoms with Gasteiger partial charge >= 0.3 is 0 Å². The standard InChI is InChI=1S/C27H26ClFN2O3/c1-3-17-4-6-18(7-5-17)14-30-15-23-22-11-10-21(34-2)13-25(22)31(26(23)27(32)33)16-19-8-9-20(29)12-24(19)28/h4-13,30H,3,14-16H2,1-2H3,(H,32,33)/p-1. The zero-order valence-electron chi connectivity index (χ0n) is 19.0. The summed E-state index contributed by atoms with van der Waals surface area (Å²) in [5.41, 5.74) is 4.30. The van der Waals surface area contributed by atoms with Gasteiger partial charge in [-0.3, -0.25) is 0 Å². The van der Waals surface area contributed by atoms with Crippen LogP contribution >= 0.6 is 11.6 Å². The minimum absolute atomic E-state index is 0.0532. The van der Waals surface area contributed by atoms with Crippen LogP contribution in [0.15, 0.2) is 60.7 Å². The molecule has 176 valence electrons. The minimum atomic E-state index is -1.29. The number of aromatic carboxylic acids is 1. The quantitative estimate of drug-likeness (QED) is 0.377. The monoisotopic (exact) mass is 479 g/mol. The third kappa shape index (κ3) is 4.93. The molecule has 0 aliphatic carbocycles. The Bertz CT molecular complexity index is 1330. The molecule has 0 saturated heterocycles. The predicted molar refractivity (Wildman–Crippen MR) is 130 cm³/mol.